The van der Waals surface area contributed by atoms with E-state index < -0.39 is 0 Å². The summed E-state index contributed by atoms with van der Waals surface area (Å²) in [5, 5.41) is 3.27. The van der Waals surface area contributed by atoms with Crippen molar-refractivity contribution >= 4 is 76.5 Å². The molecule has 2 unspecified atom stereocenters. The molecule has 3 aliphatic heterocycles. The topological polar surface area (TPSA) is 49.4 Å². The maximum absolute atomic E-state index is 13.1. The summed E-state index contributed by atoms with van der Waals surface area (Å²) in [6.07, 6.45) is 2.02. The number of Topliss-reactive ketones (excluding diaryl/α,β-unsaturated/α-hetero) is 1. The van der Waals surface area contributed by atoms with Crippen molar-refractivity contribution in [3.63, 3.8) is 0 Å². The predicted octanol–water partition coefficient (Wildman–Crippen LogP) is 2.47. The quantitative estimate of drug-likeness (QED) is 0.699. The smallest absolute Gasteiger partial charge is 0.242 e. The first-order valence-corrected chi connectivity index (χ1v) is 14.6. The number of ketones is 1. The fraction of sp³-hybridized carbons (Fsp3) is 0.833. The summed E-state index contributed by atoms with van der Waals surface area (Å²) in [5.74, 6) is 4.53. The number of hydrogen-bond acceptors (Lipinski definition) is 9. The summed E-state index contributed by atoms with van der Waals surface area (Å²) < 4.78 is 0. The highest BCUT2D eigenvalue weighted by Gasteiger charge is 2.50. The first-order valence-electron chi connectivity index (χ1n) is 6.90. The third-order valence-electron chi connectivity index (χ3n) is 4.04. The summed E-state index contributed by atoms with van der Waals surface area (Å²) in [7, 11) is 10.5. The first kappa shape index (κ1) is 18.0. The van der Waals surface area contributed by atoms with Crippen LogP contribution in [0.3, 0.4) is 0 Å². The Morgan fingerprint density at radius 2 is 1.91 bits per heavy atom. The number of nitrogens with zero attached hydrogens (tertiary/aromatic N) is 1. The lowest BCUT2D eigenvalue weighted by Gasteiger charge is -2.31. The minimum absolute atomic E-state index is 0.0980. The minimum atomic E-state index is -0.261. The van der Waals surface area contributed by atoms with Gasteiger partial charge in [0.25, 0.3) is 0 Å². The van der Waals surface area contributed by atoms with E-state index in [2.05, 4.69) is 5.32 Å². The fourth-order valence-corrected chi connectivity index (χ4v) is 10.4. The second-order valence-corrected chi connectivity index (χ2v) is 13.0. The molecule has 124 valence electrons. The Bertz CT molecular complexity index is 445. The van der Waals surface area contributed by atoms with Gasteiger partial charge in [0, 0.05) is 28.8 Å². The lowest BCUT2D eigenvalue weighted by molar-refractivity contribution is -0.139. The molecule has 22 heavy (non-hydrogen) atoms. The molecule has 3 rings (SSSR count). The normalized spacial score (nSPS) is 32.0. The number of amides is 1. The van der Waals surface area contributed by atoms with Gasteiger partial charge in [0.15, 0.2) is 5.78 Å². The highest BCUT2D eigenvalue weighted by molar-refractivity contribution is 8.77. The lowest BCUT2D eigenvalue weighted by Crippen LogP contribution is -2.52. The zero-order valence-corrected chi connectivity index (χ0v) is 17.0. The van der Waals surface area contributed by atoms with E-state index in [0.717, 1.165) is 28.8 Å². The standard InChI is InChI=1S/C12H18N2O2S6/c1-17-18-2-8-11(16)14(7-13-8)9-3-19-20-4-12(10(9)15)5-21-22-6-12/h8-9,13H,2-7H2,1H3. The van der Waals surface area contributed by atoms with Crippen LogP contribution in [-0.2, 0) is 9.59 Å². The van der Waals surface area contributed by atoms with Gasteiger partial charge >= 0.3 is 0 Å². The number of carbonyl (C=O) groups excluding carboxylic acids is 2. The number of rotatable bonds is 4. The van der Waals surface area contributed by atoms with E-state index in [0.29, 0.717) is 6.67 Å². The first-order chi connectivity index (χ1) is 10.7. The Hall–Kier alpha value is 1.20. The Labute approximate surface area is 154 Å². The van der Waals surface area contributed by atoms with Gasteiger partial charge in [-0.1, -0.05) is 64.8 Å². The summed E-state index contributed by atoms with van der Waals surface area (Å²) in [5.41, 5.74) is -0.236. The fourth-order valence-electron chi connectivity index (χ4n) is 2.68. The maximum atomic E-state index is 13.1. The van der Waals surface area contributed by atoms with Crippen LogP contribution in [0, 0.1) is 5.41 Å². The molecule has 10 heteroatoms. The molecular weight excluding hydrogens is 397 g/mol. The molecule has 0 radical (unpaired) electrons. The molecule has 0 aromatic rings. The molecule has 0 aliphatic carbocycles. The minimum Gasteiger partial charge on any atom is -0.318 e. The third-order valence-corrected chi connectivity index (χ3v) is 11.1. The Balaban J connectivity index is 1.73. The summed E-state index contributed by atoms with van der Waals surface area (Å²) >= 11 is 0. The molecule has 1 spiro atoms. The molecular formula is C12H18N2O2S6. The van der Waals surface area contributed by atoms with Gasteiger partial charge in [0.05, 0.1) is 18.1 Å². The summed E-state index contributed by atoms with van der Waals surface area (Å²) in [4.78, 5) is 27.6. The van der Waals surface area contributed by atoms with E-state index in [4.69, 9.17) is 0 Å². The Morgan fingerprint density at radius 1 is 1.23 bits per heavy atom. The molecule has 2 atom stereocenters. The molecule has 1 N–H and O–H groups in total. The van der Waals surface area contributed by atoms with Gasteiger partial charge in [-0.15, -0.1) is 0 Å². The average Bonchev–Trinajstić information content (AvgIpc) is 3.09. The Kier molecular flexibility index (Phi) is 6.59. The zero-order valence-electron chi connectivity index (χ0n) is 12.1. The SMILES string of the molecule is CSSCC1NCN(C2CSSCC3(CSSC3)C2=O)C1=O. The maximum Gasteiger partial charge on any atom is 0.242 e. The lowest BCUT2D eigenvalue weighted by atomic mass is 9.85. The van der Waals surface area contributed by atoms with Crippen molar-refractivity contribution < 1.29 is 9.59 Å². The van der Waals surface area contributed by atoms with Gasteiger partial charge in [-0.25, -0.2) is 0 Å². The van der Waals surface area contributed by atoms with E-state index in [9.17, 15) is 9.59 Å². The van der Waals surface area contributed by atoms with Gasteiger partial charge in [0.1, 0.15) is 6.04 Å². The molecule has 4 nitrogen and oxygen atoms in total. The molecule has 0 aromatic heterocycles. The van der Waals surface area contributed by atoms with Crippen LogP contribution in [0.2, 0.25) is 0 Å². The molecule has 0 aromatic carbocycles. The van der Waals surface area contributed by atoms with Crippen molar-refractivity contribution in [1.82, 2.24) is 10.2 Å². The third kappa shape index (κ3) is 3.57. The second kappa shape index (κ2) is 8.05. The van der Waals surface area contributed by atoms with Crippen LogP contribution < -0.4 is 5.32 Å². The van der Waals surface area contributed by atoms with Crippen LogP contribution in [0.4, 0.5) is 0 Å². The van der Waals surface area contributed by atoms with Gasteiger partial charge in [-0.3, -0.25) is 14.9 Å². The molecule has 1 amide bonds. The van der Waals surface area contributed by atoms with E-state index >= 15 is 0 Å². The van der Waals surface area contributed by atoms with Crippen molar-refractivity contribution in [3.8, 4) is 0 Å². The largest absolute Gasteiger partial charge is 0.318 e. The van der Waals surface area contributed by atoms with Crippen LogP contribution in [0.1, 0.15) is 0 Å². The van der Waals surface area contributed by atoms with Crippen LogP contribution in [-0.4, -0.2) is 70.4 Å². The van der Waals surface area contributed by atoms with E-state index in [-0.39, 0.29) is 29.2 Å². The van der Waals surface area contributed by atoms with E-state index in [1.165, 1.54) is 0 Å². The predicted molar refractivity (Wildman–Crippen MR) is 106 cm³/mol. The molecule has 3 fully saturated rings. The van der Waals surface area contributed by atoms with Gasteiger partial charge < -0.3 is 4.90 Å². The monoisotopic (exact) mass is 414 g/mol. The van der Waals surface area contributed by atoms with E-state index in [1.54, 1.807) is 69.7 Å². The molecule has 3 saturated heterocycles. The molecule has 3 heterocycles. The zero-order chi connectivity index (χ0) is 15.6. The van der Waals surface area contributed by atoms with Crippen LogP contribution in [0.5, 0.6) is 0 Å². The van der Waals surface area contributed by atoms with Crippen molar-refractivity contribution in [2.75, 3.05) is 41.7 Å². The second-order valence-electron chi connectivity index (χ2n) is 5.41. The van der Waals surface area contributed by atoms with Gasteiger partial charge in [0.2, 0.25) is 5.91 Å². The molecule has 0 bridgehead atoms. The van der Waals surface area contributed by atoms with Gasteiger partial charge in [-0.05, 0) is 6.26 Å². The number of hydrogen-bond donors (Lipinski definition) is 1. The highest BCUT2D eigenvalue weighted by atomic mass is 33.1. The van der Waals surface area contributed by atoms with Crippen molar-refractivity contribution in [2.24, 2.45) is 5.41 Å². The summed E-state index contributed by atoms with van der Waals surface area (Å²) in [6.45, 7) is 0.510. The number of carbonyl (C=O) groups is 2. The Morgan fingerprint density at radius 3 is 2.59 bits per heavy atom. The number of nitrogens with one attached hydrogen (secondary N) is 1. The van der Waals surface area contributed by atoms with Crippen LogP contribution >= 0.6 is 64.8 Å². The highest BCUT2D eigenvalue weighted by Crippen LogP contribution is 2.50. The van der Waals surface area contributed by atoms with Gasteiger partial charge in [-0.2, -0.15) is 0 Å². The molecule has 0 saturated carbocycles. The van der Waals surface area contributed by atoms with Crippen molar-refractivity contribution in [2.45, 2.75) is 12.1 Å². The summed E-state index contributed by atoms with van der Waals surface area (Å²) in [6, 6.07) is -0.405. The van der Waals surface area contributed by atoms with E-state index in [1.807, 2.05) is 6.26 Å². The van der Waals surface area contributed by atoms with Crippen LogP contribution in [0.15, 0.2) is 0 Å². The molecule has 3 aliphatic rings. The van der Waals surface area contributed by atoms with Crippen molar-refractivity contribution in [1.29, 1.82) is 0 Å². The van der Waals surface area contributed by atoms with Crippen LogP contribution in [0.25, 0.3) is 0 Å². The average molecular weight is 415 g/mol. The van der Waals surface area contributed by atoms with Crippen molar-refractivity contribution in [3.05, 3.63) is 0 Å².